The molecule has 0 unspecified atom stereocenters. The minimum absolute atomic E-state index is 0.0693. The molecule has 0 aliphatic rings. The molecule has 0 spiro atoms. The molecule has 0 amide bonds. The molecule has 0 aromatic heterocycles. The minimum atomic E-state index is -0.635. The van der Waals surface area contributed by atoms with Crippen LogP contribution in [0.5, 0.6) is 5.75 Å². The Hall–Kier alpha value is -3.14. The van der Waals surface area contributed by atoms with Crippen LogP contribution in [0.25, 0.3) is 6.08 Å². The quantitative estimate of drug-likeness (QED) is 0.337. The largest absolute Gasteiger partial charge is 0.493 e. The fourth-order valence-electron chi connectivity index (χ4n) is 1.97. The molecule has 122 valence electrons. The summed E-state index contributed by atoms with van der Waals surface area (Å²) >= 11 is 0. The Morgan fingerprint density at radius 3 is 2.17 bits per heavy atom. The van der Waals surface area contributed by atoms with Crippen molar-refractivity contribution in [2.75, 3.05) is 7.11 Å². The van der Waals surface area contributed by atoms with Crippen molar-refractivity contribution in [2.45, 2.75) is 6.42 Å². The zero-order valence-corrected chi connectivity index (χ0v) is 13.4. The van der Waals surface area contributed by atoms with Crippen molar-refractivity contribution in [1.29, 1.82) is 0 Å². The Morgan fingerprint density at radius 2 is 1.58 bits per heavy atom. The summed E-state index contributed by atoms with van der Waals surface area (Å²) in [5.74, 6) is -0.404. The number of rotatable bonds is 7. The average Bonchev–Trinajstić information content (AvgIpc) is 2.61. The van der Waals surface area contributed by atoms with Crippen molar-refractivity contribution in [3.63, 3.8) is 0 Å². The molecular weight excluding hydrogens is 304 g/mol. The van der Waals surface area contributed by atoms with E-state index < -0.39 is 5.97 Å². The van der Waals surface area contributed by atoms with E-state index in [9.17, 15) is 9.59 Å². The van der Waals surface area contributed by atoms with Crippen LogP contribution < -0.4 is 4.74 Å². The van der Waals surface area contributed by atoms with Crippen LogP contribution in [0.15, 0.2) is 78.6 Å². The van der Waals surface area contributed by atoms with Crippen LogP contribution in [0.4, 0.5) is 0 Å². The van der Waals surface area contributed by atoms with E-state index in [-0.39, 0.29) is 23.5 Å². The molecule has 24 heavy (non-hydrogen) atoms. The first-order valence-corrected chi connectivity index (χ1v) is 7.39. The molecule has 0 heterocycles. The van der Waals surface area contributed by atoms with Crippen LogP contribution in [-0.2, 0) is 14.3 Å². The third-order valence-corrected chi connectivity index (χ3v) is 3.21. The summed E-state index contributed by atoms with van der Waals surface area (Å²) in [6.07, 6.45) is 1.45. The van der Waals surface area contributed by atoms with Gasteiger partial charge in [0, 0.05) is 12.0 Å². The third kappa shape index (κ3) is 4.95. The third-order valence-electron chi connectivity index (χ3n) is 3.21. The molecule has 0 aliphatic carbocycles. The first-order valence-electron chi connectivity index (χ1n) is 7.39. The number of allylic oxidation sites excluding steroid dienone is 1. The van der Waals surface area contributed by atoms with Gasteiger partial charge in [-0.1, -0.05) is 55.1 Å². The smallest absolute Gasteiger partial charge is 0.339 e. The molecule has 0 radical (unpaired) electrons. The first kappa shape index (κ1) is 17.2. The first-order chi connectivity index (χ1) is 11.6. The van der Waals surface area contributed by atoms with Gasteiger partial charge in [-0.25, -0.2) is 4.79 Å². The van der Waals surface area contributed by atoms with Gasteiger partial charge in [-0.3, -0.25) is 4.79 Å². The van der Waals surface area contributed by atoms with Crippen molar-refractivity contribution < 1.29 is 19.1 Å². The normalized spacial score (nSPS) is 10.8. The lowest BCUT2D eigenvalue weighted by molar-refractivity contribution is -0.131. The Balaban J connectivity index is 2.00. The van der Waals surface area contributed by atoms with E-state index in [1.807, 2.05) is 36.4 Å². The molecule has 0 fully saturated rings. The summed E-state index contributed by atoms with van der Waals surface area (Å²) < 4.78 is 10.3. The van der Waals surface area contributed by atoms with Gasteiger partial charge in [0.15, 0.2) is 5.76 Å². The molecule has 0 bridgehead atoms. The van der Waals surface area contributed by atoms with E-state index in [4.69, 9.17) is 9.47 Å². The number of esters is 1. The Kier molecular flexibility index (Phi) is 6.08. The summed E-state index contributed by atoms with van der Waals surface area (Å²) in [6, 6.07) is 17.9. The summed E-state index contributed by atoms with van der Waals surface area (Å²) in [7, 11) is 1.41. The van der Waals surface area contributed by atoms with Gasteiger partial charge in [0.2, 0.25) is 5.78 Å². The Morgan fingerprint density at radius 1 is 1.00 bits per heavy atom. The molecule has 2 aromatic carbocycles. The highest BCUT2D eigenvalue weighted by Gasteiger charge is 2.17. The summed E-state index contributed by atoms with van der Waals surface area (Å²) in [5.41, 5.74) is 0.903. The van der Waals surface area contributed by atoms with Gasteiger partial charge in [-0.05, 0) is 23.8 Å². The molecule has 4 nitrogen and oxygen atoms in total. The van der Waals surface area contributed by atoms with E-state index in [1.54, 1.807) is 30.3 Å². The molecule has 2 aromatic rings. The number of methoxy groups -OCH3 is 1. The average molecular weight is 322 g/mol. The van der Waals surface area contributed by atoms with Gasteiger partial charge in [-0.2, -0.15) is 0 Å². The van der Waals surface area contributed by atoms with E-state index in [2.05, 4.69) is 6.58 Å². The molecule has 2 rings (SSSR count). The van der Waals surface area contributed by atoms with Crippen molar-refractivity contribution in [2.24, 2.45) is 0 Å². The molecule has 0 N–H and O–H groups in total. The van der Waals surface area contributed by atoms with Crippen LogP contribution in [0.2, 0.25) is 0 Å². The lowest BCUT2D eigenvalue weighted by Crippen LogP contribution is -2.15. The standard InChI is InChI=1S/C20H18O4/c1-15(20(22)24-17-11-7-4-8-12-17)13-18(21)19(23-2)14-16-9-5-3-6-10-16/h3-12,14H,1,13H2,2H3. The van der Waals surface area contributed by atoms with Crippen LogP contribution in [0, 0.1) is 0 Å². The minimum Gasteiger partial charge on any atom is -0.493 e. The summed E-state index contributed by atoms with van der Waals surface area (Å²) in [6.45, 7) is 3.64. The number of Topliss-reactive ketones (excluding diaryl/α,β-unsaturated/α-hetero) is 1. The van der Waals surface area contributed by atoms with Gasteiger partial charge >= 0.3 is 5.97 Å². The predicted molar refractivity (Wildman–Crippen MR) is 92.3 cm³/mol. The zero-order chi connectivity index (χ0) is 17.4. The highest BCUT2D eigenvalue weighted by atomic mass is 16.5. The van der Waals surface area contributed by atoms with Crippen molar-refractivity contribution >= 4 is 17.8 Å². The summed E-state index contributed by atoms with van der Waals surface area (Å²) in [5, 5.41) is 0. The maximum Gasteiger partial charge on any atom is 0.339 e. The lowest BCUT2D eigenvalue weighted by Gasteiger charge is -2.08. The van der Waals surface area contributed by atoms with E-state index in [1.165, 1.54) is 7.11 Å². The van der Waals surface area contributed by atoms with E-state index in [0.29, 0.717) is 5.75 Å². The van der Waals surface area contributed by atoms with Gasteiger partial charge in [0.25, 0.3) is 0 Å². The van der Waals surface area contributed by atoms with Crippen molar-refractivity contribution in [3.05, 3.63) is 84.1 Å². The second kappa shape index (κ2) is 8.48. The Bertz CT molecular complexity index is 746. The van der Waals surface area contributed by atoms with Gasteiger partial charge in [0.1, 0.15) is 5.75 Å². The molecule has 0 aliphatic heterocycles. The maximum absolute atomic E-state index is 12.3. The fraction of sp³-hybridized carbons (Fsp3) is 0.100. The van der Waals surface area contributed by atoms with Gasteiger partial charge < -0.3 is 9.47 Å². The van der Waals surface area contributed by atoms with E-state index >= 15 is 0 Å². The molecule has 0 atom stereocenters. The van der Waals surface area contributed by atoms with Gasteiger partial charge in [0.05, 0.1) is 7.11 Å². The number of ether oxygens (including phenoxy) is 2. The topological polar surface area (TPSA) is 52.6 Å². The van der Waals surface area contributed by atoms with Crippen molar-refractivity contribution in [3.8, 4) is 5.75 Å². The number of carbonyl (C=O) groups excluding carboxylic acids is 2. The SMILES string of the molecule is C=C(CC(=O)C(=Cc1ccccc1)OC)C(=O)Oc1ccccc1. The monoisotopic (exact) mass is 322 g/mol. The predicted octanol–water partition coefficient (Wildman–Crippen LogP) is 3.79. The molecule has 0 saturated carbocycles. The van der Waals surface area contributed by atoms with Gasteiger partial charge in [-0.15, -0.1) is 0 Å². The molecular formula is C20H18O4. The number of hydrogen-bond donors (Lipinski definition) is 0. The number of hydrogen-bond acceptors (Lipinski definition) is 4. The highest BCUT2D eigenvalue weighted by Crippen LogP contribution is 2.15. The zero-order valence-electron chi connectivity index (χ0n) is 13.4. The van der Waals surface area contributed by atoms with Crippen LogP contribution in [-0.4, -0.2) is 18.9 Å². The molecule has 4 heteroatoms. The van der Waals surface area contributed by atoms with Crippen LogP contribution in [0.1, 0.15) is 12.0 Å². The maximum atomic E-state index is 12.3. The lowest BCUT2D eigenvalue weighted by atomic mass is 10.1. The number of ketones is 1. The van der Waals surface area contributed by atoms with E-state index in [0.717, 1.165) is 5.56 Å². The van der Waals surface area contributed by atoms with Crippen LogP contribution in [0.3, 0.4) is 0 Å². The highest BCUT2D eigenvalue weighted by molar-refractivity contribution is 6.04. The second-order valence-electron chi connectivity index (χ2n) is 5.03. The molecule has 0 saturated heterocycles. The number of para-hydroxylation sites is 1. The van der Waals surface area contributed by atoms with Crippen molar-refractivity contribution in [1.82, 2.24) is 0 Å². The second-order valence-corrected chi connectivity index (χ2v) is 5.03. The summed E-state index contributed by atoms with van der Waals surface area (Å²) in [4.78, 5) is 24.3. The fourth-order valence-corrected chi connectivity index (χ4v) is 1.97. The number of carbonyl (C=O) groups is 2. The Labute approximate surface area is 141 Å². The van der Waals surface area contributed by atoms with Crippen LogP contribution >= 0.6 is 0 Å². The number of benzene rings is 2.